The van der Waals surface area contributed by atoms with Crippen molar-refractivity contribution in [2.75, 3.05) is 25.9 Å². The third kappa shape index (κ3) is 3.72. The van der Waals surface area contributed by atoms with E-state index in [1.54, 1.807) is 18.0 Å². The van der Waals surface area contributed by atoms with Gasteiger partial charge in [-0.05, 0) is 24.3 Å². The van der Waals surface area contributed by atoms with Gasteiger partial charge in [-0.1, -0.05) is 13.8 Å². The summed E-state index contributed by atoms with van der Waals surface area (Å²) in [6, 6.07) is 1.70. The lowest BCUT2D eigenvalue weighted by Gasteiger charge is -2.17. The molecule has 1 aromatic rings. The van der Waals surface area contributed by atoms with Gasteiger partial charge in [0.1, 0.15) is 5.69 Å². The first kappa shape index (κ1) is 16.2. The molecule has 1 atom stereocenters. The van der Waals surface area contributed by atoms with Crippen molar-refractivity contribution in [1.29, 1.82) is 0 Å². The fraction of sp³-hybridized carbons (Fsp3) is 0.600. The highest BCUT2D eigenvalue weighted by Gasteiger charge is 2.29. The van der Waals surface area contributed by atoms with E-state index in [4.69, 9.17) is 5.73 Å². The van der Waals surface area contributed by atoms with E-state index in [0.29, 0.717) is 25.2 Å². The minimum Gasteiger partial charge on any atom is -0.368 e. The Balaban J connectivity index is 2.08. The zero-order valence-corrected chi connectivity index (χ0v) is 13.3. The average molecular weight is 305 g/mol. The number of nitrogens with one attached hydrogen (secondary N) is 1. The third-order valence-corrected chi connectivity index (χ3v) is 3.90. The molecule has 2 amide bonds. The molecule has 0 spiro atoms. The van der Waals surface area contributed by atoms with E-state index < -0.39 is 0 Å². The molecular weight excluding hydrogens is 282 g/mol. The van der Waals surface area contributed by atoms with Gasteiger partial charge in [-0.15, -0.1) is 0 Å². The molecule has 3 N–H and O–H groups in total. The number of anilines is 1. The van der Waals surface area contributed by atoms with Crippen molar-refractivity contribution in [3.8, 4) is 0 Å². The number of rotatable bonds is 4. The van der Waals surface area contributed by atoms with Crippen molar-refractivity contribution in [3.05, 3.63) is 17.5 Å². The summed E-state index contributed by atoms with van der Waals surface area (Å²) in [5, 5.41) is 2.62. The Hall–Kier alpha value is -2.18. The number of carbonyl (C=O) groups excluding carboxylic acids is 2. The molecule has 0 saturated carbocycles. The fourth-order valence-electron chi connectivity index (χ4n) is 2.60. The van der Waals surface area contributed by atoms with Gasteiger partial charge in [-0.25, -0.2) is 9.97 Å². The Bertz CT molecular complexity index is 573. The smallest absolute Gasteiger partial charge is 0.272 e. The van der Waals surface area contributed by atoms with Crippen molar-refractivity contribution < 1.29 is 9.59 Å². The topological polar surface area (TPSA) is 101 Å². The highest BCUT2D eigenvalue weighted by Crippen LogP contribution is 2.22. The Morgan fingerprint density at radius 3 is 2.82 bits per heavy atom. The van der Waals surface area contributed by atoms with Gasteiger partial charge in [-0.3, -0.25) is 9.59 Å². The average Bonchev–Trinajstić information content (AvgIpc) is 2.94. The summed E-state index contributed by atoms with van der Waals surface area (Å²) in [5.41, 5.74) is 6.79. The lowest BCUT2D eigenvalue weighted by atomic mass is 10.0. The van der Waals surface area contributed by atoms with Crippen molar-refractivity contribution in [3.63, 3.8) is 0 Å². The minimum absolute atomic E-state index is 0.00711. The summed E-state index contributed by atoms with van der Waals surface area (Å²) in [6.07, 6.45) is 1.28. The van der Waals surface area contributed by atoms with Crippen LogP contribution in [0.2, 0.25) is 0 Å². The van der Waals surface area contributed by atoms with Crippen molar-refractivity contribution in [2.24, 2.45) is 5.92 Å². The van der Waals surface area contributed by atoms with Crippen molar-refractivity contribution in [2.45, 2.75) is 32.6 Å². The van der Waals surface area contributed by atoms with E-state index in [1.165, 1.54) is 0 Å². The molecule has 0 aliphatic carbocycles. The number of amides is 2. The largest absolute Gasteiger partial charge is 0.368 e. The predicted octanol–water partition coefficient (Wildman–Crippen LogP) is 0.780. The highest BCUT2D eigenvalue weighted by atomic mass is 16.2. The van der Waals surface area contributed by atoms with Crippen LogP contribution in [0.25, 0.3) is 0 Å². The Morgan fingerprint density at radius 2 is 2.18 bits per heavy atom. The lowest BCUT2D eigenvalue weighted by molar-refractivity contribution is -0.121. The van der Waals surface area contributed by atoms with Crippen LogP contribution in [0.1, 0.15) is 48.8 Å². The minimum atomic E-state index is -0.143. The van der Waals surface area contributed by atoms with Crippen LogP contribution in [-0.4, -0.2) is 46.8 Å². The Kier molecular flexibility index (Phi) is 4.95. The van der Waals surface area contributed by atoms with E-state index in [1.807, 2.05) is 13.8 Å². The number of likely N-dealkylation sites (tertiary alicyclic amines) is 1. The van der Waals surface area contributed by atoms with Gasteiger partial charge >= 0.3 is 0 Å². The van der Waals surface area contributed by atoms with Gasteiger partial charge < -0.3 is 16.0 Å². The van der Waals surface area contributed by atoms with Crippen LogP contribution in [0, 0.1) is 5.92 Å². The molecule has 22 heavy (non-hydrogen) atoms. The number of nitrogen functional groups attached to an aromatic ring is 1. The van der Waals surface area contributed by atoms with E-state index in [2.05, 4.69) is 15.3 Å². The Labute approximate surface area is 130 Å². The molecular formula is C15H23N5O2. The molecule has 7 heteroatoms. The number of nitrogens with two attached hydrogens (primary N) is 1. The zero-order chi connectivity index (χ0) is 16.3. The van der Waals surface area contributed by atoms with Gasteiger partial charge in [0, 0.05) is 32.3 Å². The second kappa shape index (κ2) is 6.72. The van der Waals surface area contributed by atoms with Crippen LogP contribution < -0.4 is 11.1 Å². The first-order valence-corrected chi connectivity index (χ1v) is 7.55. The number of hydrogen-bond donors (Lipinski definition) is 2. The number of hydrogen-bond acceptors (Lipinski definition) is 5. The summed E-state index contributed by atoms with van der Waals surface area (Å²) in [7, 11) is 1.62. The van der Waals surface area contributed by atoms with Gasteiger partial charge in [0.05, 0.1) is 0 Å². The van der Waals surface area contributed by atoms with E-state index in [-0.39, 0.29) is 29.6 Å². The zero-order valence-electron chi connectivity index (χ0n) is 13.3. The second-order valence-electron chi connectivity index (χ2n) is 5.97. The van der Waals surface area contributed by atoms with Crippen molar-refractivity contribution in [1.82, 2.24) is 20.2 Å². The maximum Gasteiger partial charge on any atom is 0.272 e. The fourth-order valence-corrected chi connectivity index (χ4v) is 2.60. The second-order valence-corrected chi connectivity index (χ2v) is 5.97. The molecule has 1 aromatic heterocycles. The molecule has 0 radical (unpaired) electrons. The highest BCUT2D eigenvalue weighted by molar-refractivity contribution is 5.93. The molecule has 1 aliphatic heterocycles. The molecule has 1 fully saturated rings. The normalized spacial score (nSPS) is 17.8. The maximum absolute atomic E-state index is 12.6. The molecule has 1 saturated heterocycles. The predicted molar refractivity (Wildman–Crippen MR) is 83.2 cm³/mol. The van der Waals surface area contributed by atoms with Gasteiger partial charge in [-0.2, -0.15) is 0 Å². The molecule has 2 rings (SSSR count). The van der Waals surface area contributed by atoms with E-state index >= 15 is 0 Å². The summed E-state index contributed by atoms with van der Waals surface area (Å²) >= 11 is 0. The van der Waals surface area contributed by atoms with Crippen molar-refractivity contribution >= 4 is 17.8 Å². The standard InChI is InChI=1S/C15H23N5O2/c1-9(2)11-7-12(19-15(16)18-11)14(22)20-5-4-10(8-20)6-13(21)17-3/h7,9-10H,4-6,8H2,1-3H3,(H,17,21)(H2,16,18,19). The van der Waals surface area contributed by atoms with Gasteiger partial charge in [0.2, 0.25) is 11.9 Å². The summed E-state index contributed by atoms with van der Waals surface area (Å²) in [4.78, 5) is 33.9. The molecule has 1 unspecified atom stereocenters. The monoisotopic (exact) mass is 305 g/mol. The summed E-state index contributed by atoms with van der Waals surface area (Å²) in [5.74, 6) is 0.364. The molecule has 120 valence electrons. The number of nitrogens with zero attached hydrogens (tertiary/aromatic N) is 3. The Morgan fingerprint density at radius 1 is 1.45 bits per heavy atom. The van der Waals surface area contributed by atoms with Crippen LogP contribution >= 0.6 is 0 Å². The SMILES string of the molecule is CNC(=O)CC1CCN(C(=O)c2cc(C(C)C)nc(N)n2)C1. The third-order valence-electron chi connectivity index (χ3n) is 3.90. The number of carbonyl (C=O) groups is 2. The lowest BCUT2D eigenvalue weighted by Crippen LogP contribution is -2.30. The first-order chi connectivity index (χ1) is 10.4. The van der Waals surface area contributed by atoms with Gasteiger partial charge in [0.15, 0.2) is 0 Å². The first-order valence-electron chi connectivity index (χ1n) is 7.55. The molecule has 2 heterocycles. The van der Waals surface area contributed by atoms with E-state index in [0.717, 1.165) is 12.1 Å². The molecule has 0 aromatic carbocycles. The quantitative estimate of drug-likeness (QED) is 0.856. The molecule has 7 nitrogen and oxygen atoms in total. The maximum atomic E-state index is 12.6. The van der Waals surface area contributed by atoms with Crippen LogP contribution in [0.15, 0.2) is 6.07 Å². The van der Waals surface area contributed by atoms with Crippen LogP contribution in [-0.2, 0) is 4.79 Å². The number of aromatic nitrogens is 2. The van der Waals surface area contributed by atoms with Crippen LogP contribution in [0.4, 0.5) is 5.95 Å². The summed E-state index contributed by atoms with van der Waals surface area (Å²) < 4.78 is 0. The van der Waals surface area contributed by atoms with Crippen LogP contribution in [0.3, 0.4) is 0 Å². The molecule has 1 aliphatic rings. The summed E-state index contributed by atoms with van der Waals surface area (Å²) in [6.45, 7) is 5.20. The molecule has 0 bridgehead atoms. The van der Waals surface area contributed by atoms with E-state index in [9.17, 15) is 9.59 Å². The van der Waals surface area contributed by atoms with Gasteiger partial charge in [0.25, 0.3) is 5.91 Å². The van der Waals surface area contributed by atoms with Crippen LogP contribution in [0.5, 0.6) is 0 Å².